The van der Waals surface area contributed by atoms with Gasteiger partial charge in [-0.15, -0.1) is 0 Å². The van der Waals surface area contributed by atoms with Crippen LogP contribution in [0.5, 0.6) is 0 Å². The number of carbonyl (C=O) groups is 1. The monoisotopic (exact) mass is 313 g/mol. The third-order valence-electron chi connectivity index (χ3n) is 2.52. The predicted octanol–water partition coefficient (Wildman–Crippen LogP) is 3.16. The zero-order valence-electron chi connectivity index (χ0n) is 10.5. The molecule has 0 saturated carbocycles. The standard InChI is InChI=1S/C13H10Cl2FN3O/c1-7-17-3-2-8(19-7)6-18-13(20)9-4-12(16)11(15)5-10(9)14/h2-5H,6H2,1H3,(H,18,20). The molecule has 7 heteroatoms. The molecule has 104 valence electrons. The summed E-state index contributed by atoms with van der Waals surface area (Å²) in [7, 11) is 0. The van der Waals surface area contributed by atoms with Crippen LogP contribution in [0.15, 0.2) is 24.4 Å². The average Bonchev–Trinajstić information content (AvgIpc) is 2.40. The zero-order valence-corrected chi connectivity index (χ0v) is 12.0. The van der Waals surface area contributed by atoms with E-state index in [1.807, 2.05) is 0 Å². The third-order valence-corrected chi connectivity index (χ3v) is 3.12. The fraction of sp³-hybridized carbons (Fsp3) is 0.154. The van der Waals surface area contributed by atoms with Crippen LogP contribution in [0.25, 0.3) is 0 Å². The lowest BCUT2D eigenvalue weighted by Crippen LogP contribution is -2.24. The van der Waals surface area contributed by atoms with Crippen molar-refractivity contribution in [1.29, 1.82) is 0 Å². The summed E-state index contributed by atoms with van der Waals surface area (Å²) in [6, 6.07) is 3.88. The normalized spacial score (nSPS) is 10.4. The van der Waals surface area contributed by atoms with E-state index in [4.69, 9.17) is 23.2 Å². The lowest BCUT2D eigenvalue weighted by molar-refractivity contribution is 0.0950. The SMILES string of the molecule is Cc1nccc(CNC(=O)c2cc(F)c(Cl)cc2Cl)n1. The van der Waals surface area contributed by atoms with Crippen molar-refractivity contribution >= 4 is 29.1 Å². The van der Waals surface area contributed by atoms with Gasteiger partial charge in [0.1, 0.15) is 11.6 Å². The second-order valence-corrected chi connectivity index (χ2v) is 4.84. The van der Waals surface area contributed by atoms with Gasteiger partial charge in [0.15, 0.2) is 0 Å². The number of hydrogen-bond acceptors (Lipinski definition) is 3. The highest BCUT2D eigenvalue weighted by Gasteiger charge is 2.14. The first kappa shape index (κ1) is 14.7. The Hall–Kier alpha value is -1.72. The molecule has 1 aromatic heterocycles. The summed E-state index contributed by atoms with van der Waals surface area (Å²) in [6.07, 6.45) is 1.60. The number of carbonyl (C=O) groups excluding carboxylic acids is 1. The van der Waals surface area contributed by atoms with Crippen molar-refractivity contribution in [3.8, 4) is 0 Å². The Balaban J connectivity index is 2.11. The molecule has 20 heavy (non-hydrogen) atoms. The highest BCUT2D eigenvalue weighted by atomic mass is 35.5. The topological polar surface area (TPSA) is 54.9 Å². The molecule has 0 spiro atoms. The summed E-state index contributed by atoms with van der Waals surface area (Å²) in [5, 5.41) is 2.57. The van der Waals surface area contributed by atoms with Gasteiger partial charge < -0.3 is 5.32 Å². The molecule has 0 aliphatic heterocycles. The van der Waals surface area contributed by atoms with Crippen LogP contribution in [0.2, 0.25) is 10.0 Å². The van der Waals surface area contributed by atoms with Gasteiger partial charge in [-0.1, -0.05) is 23.2 Å². The maximum absolute atomic E-state index is 13.3. The molecule has 1 aromatic carbocycles. The van der Waals surface area contributed by atoms with E-state index in [-0.39, 0.29) is 22.2 Å². The Morgan fingerprint density at radius 3 is 2.80 bits per heavy atom. The van der Waals surface area contributed by atoms with Gasteiger partial charge in [-0.05, 0) is 25.1 Å². The number of halogens is 3. The van der Waals surface area contributed by atoms with Crippen LogP contribution in [-0.2, 0) is 6.54 Å². The zero-order chi connectivity index (χ0) is 14.7. The van der Waals surface area contributed by atoms with Gasteiger partial charge in [0.05, 0.1) is 27.8 Å². The summed E-state index contributed by atoms with van der Waals surface area (Å²) >= 11 is 11.4. The van der Waals surface area contributed by atoms with Gasteiger partial charge in [-0.3, -0.25) is 4.79 Å². The van der Waals surface area contributed by atoms with E-state index in [1.165, 1.54) is 6.07 Å². The van der Waals surface area contributed by atoms with Crippen LogP contribution in [0.4, 0.5) is 4.39 Å². The fourth-order valence-corrected chi connectivity index (χ4v) is 2.04. The summed E-state index contributed by atoms with van der Waals surface area (Å²) in [4.78, 5) is 20.0. The Morgan fingerprint density at radius 1 is 1.35 bits per heavy atom. The highest BCUT2D eigenvalue weighted by molar-refractivity contribution is 6.36. The largest absolute Gasteiger partial charge is 0.346 e. The maximum Gasteiger partial charge on any atom is 0.253 e. The van der Waals surface area contributed by atoms with Crippen LogP contribution in [-0.4, -0.2) is 15.9 Å². The van der Waals surface area contributed by atoms with Gasteiger partial charge in [-0.2, -0.15) is 0 Å². The van der Waals surface area contributed by atoms with E-state index in [0.29, 0.717) is 11.5 Å². The molecule has 4 nitrogen and oxygen atoms in total. The number of nitrogens with one attached hydrogen (secondary N) is 1. The van der Waals surface area contributed by atoms with Crippen molar-refractivity contribution in [2.45, 2.75) is 13.5 Å². The van der Waals surface area contributed by atoms with Crippen LogP contribution in [0, 0.1) is 12.7 Å². The molecule has 1 amide bonds. The second-order valence-electron chi connectivity index (χ2n) is 4.02. The number of aryl methyl sites for hydroxylation is 1. The summed E-state index contributed by atoms with van der Waals surface area (Å²) in [5.41, 5.74) is 0.677. The molecule has 0 fully saturated rings. The van der Waals surface area contributed by atoms with Crippen molar-refractivity contribution in [3.63, 3.8) is 0 Å². The van der Waals surface area contributed by atoms with Gasteiger partial charge in [0, 0.05) is 6.20 Å². The fourth-order valence-electron chi connectivity index (χ4n) is 1.57. The first-order valence-corrected chi connectivity index (χ1v) is 6.44. The molecule has 0 aliphatic carbocycles. The molecule has 1 heterocycles. The minimum atomic E-state index is -0.695. The second kappa shape index (κ2) is 6.15. The predicted molar refractivity (Wildman–Crippen MR) is 74.4 cm³/mol. The molecular formula is C13H10Cl2FN3O. The Bertz CT molecular complexity index is 664. The highest BCUT2D eigenvalue weighted by Crippen LogP contribution is 2.24. The minimum absolute atomic E-state index is 0.0272. The molecule has 0 saturated heterocycles. The number of nitrogens with zero attached hydrogens (tertiary/aromatic N) is 2. The number of benzene rings is 1. The van der Waals surface area contributed by atoms with E-state index >= 15 is 0 Å². The Morgan fingerprint density at radius 2 is 2.10 bits per heavy atom. The minimum Gasteiger partial charge on any atom is -0.346 e. The third kappa shape index (κ3) is 3.43. The summed E-state index contributed by atoms with van der Waals surface area (Å²) in [6.45, 7) is 1.94. The van der Waals surface area contributed by atoms with Crippen LogP contribution >= 0.6 is 23.2 Å². The molecule has 0 bridgehead atoms. The van der Waals surface area contributed by atoms with E-state index < -0.39 is 11.7 Å². The average molecular weight is 314 g/mol. The molecule has 2 rings (SSSR count). The number of rotatable bonds is 3. The van der Waals surface area contributed by atoms with Crippen molar-refractivity contribution in [3.05, 3.63) is 57.3 Å². The maximum atomic E-state index is 13.3. The lowest BCUT2D eigenvalue weighted by Gasteiger charge is -2.07. The summed E-state index contributed by atoms with van der Waals surface area (Å²) in [5.74, 6) is -0.590. The van der Waals surface area contributed by atoms with Gasteiger partial charge in [0.25, 0.3) is 5.91 Å². The first-order chi connectivity index (χ1) is 9.47. The molecule has 0 radical (unpaired) electrons. The number of aromatic nitrogens is 2. The molecule has 0 aliphatic rings. The van der Waals surface area contributed by atoms with E-state index in [2.05, 4.69) is 15.3 Å². The summed E-state index contributed by atoms with van der Waals surface area (Å²) < 4.78 is 13.3. The molecule has 0 unspecified atom stereocenters. The number of hydrogen-bond donors (Lipinski definition) is 1. The van der Waals surface area contributed by atoms with E-state index in [1.54, 1.807) is 19.2 Å². The van der Waals surface area contributed by atoms with Crippen molar-refractivity contribution in [1.82, 2.24) is 15.3 Å². The van der Waals surface area contributed by atoms with Crippen molar-refractivity contribution < 1.29 is 9.18 Å². The van der Waals surface area contributed by atoms with Crippen LogP contribution < -0.4 is 5.32 Å². The van der Waals surface area contributed by atoms with Gasteiger partial charge in [-0.25, -0.2) is 14.4 Å². The quantitative estimate of drug-likeness (QED) is 0.886. The van der Waals surface area contributed by atoms with Crippen molar-refractivity contribution in [2.75, 3.05) is 0 Å². The molecule has 1 N–H and O–H groups in total. The lowest BCUT2D eigenvalue weighted by atomic mass is 10.2. The number of amides is 1. The van der Waals surface area contributed by atoms with Crippen LogP contribution in [0.1, 0.15) is 21.9 Å². The Kier molecular flexibility index (Phi) is 4.52. The van der Waals surface area contributed by atoms with Gasteiger partial charge in [0.2, 0.25) is 0 Å². The Labute approximate surface area is 125 Å². The first-order valence-electron chi connectivity index (χ1n) is 5.68. The van der Waals surface area contributed by atoms with Crippen LogP contribution in [0.3, 0.4) is 0 Å². The van der Waals surface area contributed by atoms with Gasteiger partial charge >= 0.3 is 0 Å². The van der Waals surface area contributed by atoms with E-state index in [9.17, 15) is 9.18 Å². The van der Waals surface area contributed by atoms with E-state index in [0.717, 1.165) is 6.07 Å². The smallest absolute Gasteiger partial charge is 0.253 e. The molecule has 0 atom stereocenters. The molecular weight excluding hydrogens is 304 g/mol. The molecule has 2 aromatic rings. The van der Waals surface area contributed by atoms with Crippen molar-refractivity contribution in [2.24, 2.45) is 0 Å².